The Hall–Kier alpha value is -3.88. The fraction of sp³-hybridized carbons (Fsp3) is 0.500. The monoisotopic (exact) mass is 433 g/mol. The van der Waals surface area contributed by atoms with E-state index < -0.39 is 36.3 Å². The number of aromatic amines is 1. The summed E-state index contributed by atoms with van der Waals surface area (Å²) in [5.74, 6) is -0.907. The van der Waals surface area contributed by atoms with Crippen LogP contribution in [0.25, 0.3) is 11.2 Å². The number of anilines is 1. The molecule has 4 heterocycles. The highest BCUT2D eigenvalue weighted by atomic mass is 16.7. The fourth-order valence-corrected chi connectivity index (χ4v) is 3.30. The highest BCUT2D eigenvalue weighted by Gasteiger charge is 2.43. The molecule has 164 valence electrons. The van der Waals surface area contributed by atoms with Crippen LogP contribution in [0.1, 0.15) is 38.7 Å². The average molecular weight is 433 g/mol. The Morgan fingerprint density at radius 2 is 2.19 bits per heavy atom. The summed E-state index contributed by atoms with van der Waals surface area (Å²) in [6.07, 6.45) is -1.49. The molecule has 0 saturated carbocycles. The Morgan fingerprint density at radius 3 is 2.87 bits per heavy atom. The van der Waals surface area contributed by atoms with E-state index in [1.807, 2.05) is 0 Å². The van der Waals surface area contributed by atoms with Gasteiger partial charge in [0.25, 0.3) is 0 Å². The molecule has 0 amide bonds. The van der Waals surface area contributed by atoms with Gasteiger partial charge in [-0.2, -0.15) is 10.2 Å². The normalized spacial score (nSPS) is 20.8. The molecule has 0 spiro atoms. The second kappa shape index (κ2) is 8.10. The number of carbonyl (C=O) groups excluding carboxylic acids is 2. The van der Waals surface area contributed by atoms with Crippen LogP contribution in [0.3, 0.4) is 0 Å². The molecule has 3 aromatic heterocycles. The Kier molecular flexibility index (Phi) is 5.33. The van der Waals surface area contributed by atoms with Crippen molar-refractivity contribution >= 4 is 29.1 Å². The van der Waals surface area contributed by atoms with Crippen LogP contribution in [-0.4, -0.2) is 64.1 Å². The van der Waals surface area contributed by atoms with Crippen LogP contribution >= 0.6 is 0 Å². The number of hydrogen-bond acceptors (Lipinski definition) is 12. The minimum atomic E-state index is -1.12. The predicted octanol–water partition coefficient (Wildman–Crippen LogP) is -1.13. The van der Waals surface area contributed by atoms with Crippen LogP contribution in [0, 0.1) is 0 Å². The summed E-state index contributed by atoms with van der Waals surface area (Å²) in [4.78, 5) is 44.8. The molecule has 0 radical (unpaired) electrons. The van der Waals surface area contributed by atoms with Crippen LogP contribution in [0.4, 0.5) is 5.95 Å². The molecule has 4 rings (SSSR count). The first-order valence-electron chi connectivity index (χ1n) is 9.35. The Bertz CT molecular complexity index is 1170. The van der Waals surface area contributed by atoms with Crippen molar-refractivity contribution in [3.63, 3.8) is 0 Å². The van der Waals surface area contributed by atoms with Gasteiger partial charge in [-0.15, -0.1) is 10.2 Å². The van der Waals surface area contributed by atoms with Gasteiger partial charge in [-0.1, -0.05) is 12.1 Å². The minimum absolute atomic E-state index is 0.0364. The van der Waals surface area contributed by atoms with Gasteiger partial charge < -0.3 is 19.9 Å². The van der Waals surface area contributed by atoms with E-state index in [9.17, 15) is 14.4 Å². The van der Waals surface area contributed by atoms with E-state index in [-0.39, 0.29) is 36.8 Å². The lowest BCUT2D eigenvalue weighted by Crippen LogP contribution is -2.34. The molecule has 31 heavy (non-hydrogen) atoms. The zero-order chi connectivity index (χ0) is 22.1. The number of nitrogens with two attached hydrogens (primary N) is 1. The van der Waals surface area contributed by atoms with Crippen molar-refractivity contribution in [3.05, 3.63) is 22.5 Å². The Morgan fingerprint density at radius 1 is 1.39 bits per heavy atom. The molecule has 1 saturated heterocycles. The number of rotatable bonds is 6. The number of esters is 2. The summed E-state index contributed by atoms with van der Waals surface area (Å²) in [7, 11) is 0. The number of ether oxygens (including phenoxy) is 3. The molecular formula is C16H19N9O6. The highest BCUT2D eigenvalue weighted by molar-refractivity contribution is 5.72. The SMILES string of the molecule is CCC(=O)O[C@H]1C[C@@H](OC(C)=O)[C@H](n2c(=O)n(Cc3nn[nH]n3)c3cnc(N)nc32)O1. The van der Waals surface area contributed by atoms with E-state index in [1.165, 1.54) is 22.3 Å². The van der Waals surface area contributed by atoms with E-state index in [0.717, 1.165) is 0 Å². The van der Waals surface area contributed by atoms with E-state index in [0.29, 0.717) is 5.52 Å². The van der Waals surface area contributed by atoms with Gasteiger partial charge in [-0.25, -0.2) is 14.3 Å². The van der Waals surface area contributed by atoms with Crippen molar-refractivity contribution in [3.8, 4) is 0 Å². The van der Waals surface area contributed by atoms with Gasteiger partial charge >= 0.3 is 17.6 Å². The minimum Gasteiger partial charge on any atom is -0.457 e. The van der Waals surface area contributed by atoms with Gasteiger partial charge in [0.1, 0.15) is 5.52 Å². The van der Waals surface area contributed by atoms with Crippen LogP contribution in [0.15, 0.2) is 11.0 Å². The Labute approximate surface area is 173 Å². The summed E-state index contributed by atoms with van der Waals surface area (Å²) in [6, 6.07) is 0. The lowest BCUT2D eigenvalue weighted by molar-refractivity contribution is -0.183. The number of imidazole rings is 1. The highest BCUT2D eigenvalue weighted by Crippen LogP contribution is 2.33. The zero-order valence-corrected chi connectivity index (χ0v) is 16.6. The van der Waals surface area contributed by atoms with Crippen LogP contribution in [0.2, 0.25) is 0 Å². The number of H-pyrrole nitrogens is 1. The molecule has 0 unspecified atom stereocenters. The number of hydrogen-bond donors (Lipinski definition) is 2. The van der Waals surface area contributed by atoms with Crippen molar-refractivity contribution in [2.24, 2.45) is 0 Å². The van der Waals surface area contributed by atoms with Gasteiger partial charge in [0.2, 0.25) is 12.2 Å². The third-order valence-corrected chi connectivity index (χ3v) is 4.57. The molecule has 15 heteroatoms. The largest absolute Gasteiger partial charge is 0.457 e. The molecule has 15 nitrogen and oxygen atoms in total. The number of nitrogens with one attached hydrogen (secondary N) is 1. The molecule has 1 aliphatic heterocycles. The van der Waals surface area contributed by atoms with Crippen molar-refractivity contribution in [2.75, 3.05) is 5.73 Å². The molecule has 0 bridgehead atoms. The van der Waals surface area contributed by atoms with Crippen LogP contribution < -0.4 is 11.4 Å². The molecule has 3 atom stereocenters. The second-order valence-electron chi connectivity index (χ2n) is 6.69. The fourth-order valence-electron chi connectivity index (χ4n) is 3.30. The summed E-state index contributed by atoms with van der Waals surface area (Å²) in [5.41, 5.74) is 5.63. The molecule has 1 fully saturated rings. The summed E-state index contributed by atoms with van der Waals surface area (Å²) in [5, 5.41) is 13.5. The quantitative estimate of drug-likeness (QED) is 0.444. The Balaban J connectivity index is 1.80. The third kappa shape index (κ3) is 3.94. The van der Waals surface area contributed by atoms with Crippen LogP contribution in [-0.2, 0) is 30.3 Å². The van der Waals surface area contributed by atoms with Gasteiger partial charge in [0.05, 0.1) is 19.2 Å². The lowest BCUT2D eigenvalue weighted by Gasteiger charge is -2.18. The second-order valence-corrected chi connectivity index (χ2v) is 6.69. The van der Waals surface area contributed by atoms with Gasteiger partial charge in [0.15, 0.2) is 23.8 Å². The molecular weight excluding hydrogens is 414 g/mol. The summed E-state index contributed by atoms with van der Waals surface area (Å²) < 4.78 is 18.8. The number of nitrogens with zero attached hydrogens (tertiary/aromatic N) is 7. The van der Waals surface area contributed by atoms with Crippen molar-refractivity contribution in [1.82, 2.24) is 39.7 Å². The number of carbonyl (C=O) groups is 2. The maximum Gasteiger partial charge on any atom is 0.333 e. The van der Waals surface area contributed by atoms with Gasteiger partial charge in [0, 0.05) is 13.3 Å². The van der Waals surface area contributed by atoms with E-state index in [4.69, 9.17) is 19.9 Å². The maximum atomic E-state index is 13.3. The van der Waals surface area contributed by atoms with Crippen molar-refractivity contribution in [2.45, 2.75) is 51.9 Å². The molecule has 0 aliphatic carbocycles. The molecule has 0 aromatic carbocycles. The smallest absolute Gasteiger partial charge is 0.333 e. The number of nitrogen functional groups attached to an aromatic ring is 1. The number of tetrazole rings is 1. The van der Waals surface area contributed by atoms with Gasteiger partial charge in [-0.05, 0) is 0 Å². The first-order chi connectivity index (χ1) is 14.9. The zero-order valence-electron chi connectivity index (χ0n) is 16.6. The predicted molar refractivity (Wildman–Crippen MR) is 99.9 cm³/mol. The van der Waals surface area contributed by atoms with Crippen LogP contribution in [0.5, 0.6) is 0 Å². The van der Waals surface area contributed by atoms with Crippen molar-refractivity contribution in [1.29, 1.82) is 0 Å². The first kappa shape index (κ1) is 20.4. The van der Waals surface area contributed by atoms with E-state index in [1.54, 1.807) is 6.92 Å². The van der Waals surface area contributed by atoms with E-state index in [2.05, 4.69) is 30.6 Å². The third-order valence-electron chi connectivity index (χ3n) is 4.57. The summed E-state index contributed by atoms with van der Waals surface area (Å²) in [6.45, 7) is 2.82. The van der Waals surface area contributed by atoms with Crippen molar-refractivity contribution < 1.29 is 23.8 Å². The van der Waals surface area contributed by atoms with Gasteiger partial charge in [-0.3, -0.25) is 14.2 Å². The maximum absolute atomic E-state index is 13.3. The average Bonchev–Trinajstić information content (AvgIpc) is 3.42. The lowest BCUT2D eigenvalue weighted by atomic mass is 10.2. The number of fused-ring (bicyclic) bond motifs is 1. The van der Waals surface area contributed by atoms with E-state index >= 15 is 0 Å². The number of aromatic nitrogens is 8. The first-order valence-corrected chi connectivity index (χ1v) is 9.35. The topological polar surface area (TPSA) is 195 Å². The standard InChI is InChI=1S/C16H19N9O6/c1-3-11(27)30-12-4-9(29-7(2)26)14(31-12)25-13-8(5-18-15(17)19-13)24(16(25)28)6-10-20-22-23-21-10/h5,9,12,14H,3-4,6H2,1-2H3,(H2,17,18,19)(H,20,21,22,23)/t9-,12-,14-/m1/s1. The summed E-state index contributed by atoms with van der Waals surface area (Å²) >= 11 is 0. The molecule has 3 N–H and O–H groups in total. The molecule has 3 aromatic rings. The molecule has 1 aliphatic rings.